The van der Waals surface area contributed by atoms with Crippen molar-refractivity contribution in [2.24, 2.45) is 7.05 Å². The molecule has 6 heteroatoms. The van der Waals surface area contributed by atoms with Crippen LogP contribution in [0, 0.1) is 0 Å². The van der Waals surface area contributed by atoms with Gasteiger partial charge in [-0.3, -0.25) is 0 Å². The zero-order valence-corrected chi connectivity index (χ0v) is 6.12. The number of hydrogen-bond donors (Lipinski definition) is 1. The highest BCUT2D eigenvalue weighted by atomic mass is 32.2. The van der Waals surface area contributed by atoms with Crippen LogP contribution in [0.2, 0.25) is 0 Å². The molecule has 10 heavy (non-hydrogen) atoms. The summed E-state index contributed by atoms with van der Waals surface area (Å²) in [5, 5.41) is 0. The zero-order chi connectivity index (χ0) is 7.56. The van der Waals surface area contributed by atoms with E-state index in [2.05, 4.69) is 9.17 Å². The molecule has 1 rings (SSSR count). The summed E-state index contributed by atoms with van der Waals surface area (Å²) in [5.74, 6) is 0.0959. The van der Waals surface area contributed by atoms with E-state index in [4.69, 9.17) is 0 Å². The third-order valence-corrected chi connectivity index (χ3v) is 1.19. The summed E-state index contributed by atoms with van der Waals surface area (Å²) in [6.45, 7) is 0. The SMILES string of the molecule is Cn1cnc(O[SH](=O)=O)c1. The summed E-state index contributed by atoms with van der Waals surface area (Å²) in [6.07, 6.45) is 2.92. The lowest BCUT2D eigenvalue weighted by Gasteiger charge is -1.86. The molecule has 0 aliphatic heterocycles. The summed E-state index contributed by atoms with van der Waals surface area (Å²) in [6, 6.07) is 0. The molecule has 0 radical (unpaired) electrons. The minimum atomic E-state index is -2.84. The van der Waals surface area contributed by atoms with Crippen LogP contribution < -0.4 is 4.18 Å². The molecule has 0 N–H and O–H groups in total. The predicted molar refractivity (Wildman–Crippen MR) is 34.2 cm³/mol. The predicted octanol–water partition coefficient (Wildman–Crippen LogP) is -0.675. The minimum Gasteiger partial charge on any atom is -0.362 e. The fraction of sp³-hybridized carbons (Fsp3) is 0.250. The lowest BCUT2D eigenvalue weighted by atomic mass is 10.8. The third-order valence-electron chi connectivity index (χ3n) is 0.849. The van der Waals surface area contributed by atoms with Crippen LogP contribution in [0.4, 0.5) is 0 Å². The molecule has 0 spiro atoms. The molecule has 0 aliphatic carbocycles. The van der Waals surface area contributed by atoms with Gasteiger partial charge in [-0.1, -0.05) is 0 Å². The van der Waals surface area contributed by atoms with Crippen molar-refractivity contribution in [3.8, 4) is 5.88 Å². The topological polar surface area (TPSA) is 61.2 Å². The molecule has 1 heterocycles. The van der Waals surface area contributed by atoms with E-state index >= 15 is 0 Å². The van der Waals surface area contributed by atoms with Crippen molar-refractivity contribution in [2.75, 3.05) is 0 Å². The van der Waals surface area contributed by atoms with Gasteiger partial charge in [0, 0.05) is 7.05 Å². The van der Waals surface area contributed by atoms with Gasteiger partial charge >= 0.3 is 11.0 Å². The van der Waals surface area contributed by atoms with Gasteiger partial charge in [-0.2, -0.15) is 8.42 Å². The molecule has 0 unspecified atom stereocenters. The number of imidazole rings is 1. The summed E-state index contributed by atoms with van der Waals surface area (Å²) in [7, 11) is -1.12. The van der Waals surface area contributed by atoms with Crippen molar-refractivity contribution in [3.63, 3.8) is 0 Å². The maximum absolute atomic E-state index is 9.94. The van der Waals surface area contributed by atoms with E-state index in [1.165, 1.54) is 12.5 Å². The minimum absolute atomic E-state index is 0.0959. The molecule has 5 nitrogen and oxygen atoms in total. The highest BCUT2D eigenvalue weighted by molar-refractivity contribution is 7.67. The maximum atomic E-state index is 9.94. The summed E-state index contributed by atoms with van der Waals surface area (Å²) in [4.78, 5) is 3.61. The number of rotatable bonds is 2. The Bertz CT molecular complexity index is 282. The van der Waals surface area contributed by atoms with Crippen molar-refractivity contribution < 1.29 is 12.6 Å². The number of nitrogens with zero attached hydrogens (tertiary/aromatic N) is 2. The van der Waals surface area contributed by atoms with Gasteiger partial charge in [0.2, 0.25) is 0 Å². The van der Waals surface area contributed by atoms with Crippen LogP contribution in [0.5, 0.6) is 5.88 Å². The molecular formula is C4H6N2O3S. The lowest BCUT2D eigenvalue weighted by molar-refractivity contribution is 0.501. The third kappa shape index (κ3) is 1.73. The van der Waals surface area contributed by atoms with Crippen LogP contribution in [0.25, 0.3) is 0 Å². The Labute approximate surface area is 59.4 Å². The molecule has 0 saturated heterocycles. The van der Waals surface area contributed by atoms with Crippen molar-refractivity contribution in [2.45, 2.75) is 0 Å². The fourth-order valence-electron chi connectivity index (χ4n) is 0.512. The molecular weight excluding hydrogens is 156 g/mol. The zero-order valence-electron chi connectivity index (χ0n) is 5.22. The first-order valence-electron chi connectivity index (χ1n) is 2.49. The van der Waals surface area contributed by atoms with Crippen LogP contribution in [0.15, 0.2) is 12.5 Å². The molecule has 0 saturated carbocycles. The smallest absolute Gasteiger partial charge is 0.300 e. The van der Waals surface area contributed by atoms with Crippen LogP contribution in [-0.4, -0.2) is 18.0 Å². The second-order valence-corrected chi connectivity index (χ2v) is 2.32. The molecule has 1 aromatic heterocycles. The molecule has 1 aromatic rings. The van der Waals surface area contributed by atoms with E-state index in [1.807, 2.05) is 0 Å². The second-order valence-electron chi connectivity index (χ2n) is 1.69. The van der Waals surface area contributed by atoms with Gasteiger partial charge in [-0.15, -0.1) is 0 Å². The first kappa shape index (κ1) is 7.07. The van der Waals surface area contributed by atoms with Gasteiger partial charge < -0.3 is 8.75 Å². The van der Waals surface area contributed by atoms with Gasteiger partial charge in [-0.05, 0) is 0 Å². The van der Waals surface area contributed by atoms with Crippen molar-refractivity contribution in [3.05, 3.63) is 12.5 Å². The Morgan fingerprint density at radius 3 is 2.80 bits per heavy atom. The molecule has 0 amide bonds. The van der Waals surface area contributed by atoms with E-state index in [0.29, 0.717) is 0 Å². The van der Waals surface area contributed by atoms with E-state index in [-0.39, 0.29) is 5.88 Å². The number of aryl methyl sites for hydroxylation is 1. The molecule has 0 bridgehead atoms. The largest absolute Gasteiger partial charge is 0.362 e. The van der Waals surface area contributed by atoms with Crippen molar-refractivity contribution in [1.82, 2.24) is 9.55 Å². The fourth-order valence-corrected chi connectivity index (χ4v) is 0.759. The molecule has 0 atom stereocenters. The van der Waals surface area contributed by atoms with Gasteiger partial charge in [0.05, 0.1) is 12.5 Å². The molecule has 0 aliphatic rings. The highest BCUT2D eigenvalue weighted by Crippen LogP contribution is 2.02. The maximum Gasteiger partial charge on any atom is 0.300 e. The van der Waals surface area contributed by atoms with Gasteiger partial charge in [-0.25, -0.2) is 4.98 Å². The van der Waals surface area contributed by atoms with E-state index in [1.54, 1.807) is 11.6 Å². The van der Waals surface area contributed by atoms with Gasteiger partial charge in [0.1, 0.15) is 0 Å². The summed E-state index contributed by atoms with van der Waals surface area (Å²) >= 11 is 0. The lowest BCUT2D eigenvalue weighted by Crippen LogP contribution is -1.88. The first-order chi connectivity index (χ1) is 4.68. The van der Waals surface area contributed by atoms with Crippen molar-refractivity contribution >= 4 is 11.0 Å². The molecule has 0 fully saturated rings. The van der Waals surface area contributed by atoms with Crippen LogP contribution in [0.1, 0.15) is 0 Å². The average Bonchev–Trinajstić information content (AvgIpc) is 2.13. The van der Waals surface area contributed by atoms with Crippen LogP contribution in [-0.2, 0) is 18.0 Å². The monoisotopic (exact) mass is 162 g/mol. The number of hydrogen-bond acceptors (Lipinski definition) is 4. The van der Waals surface area contributed by atoms with Crippen molar-refractivity contribution in [1.29, 1.82) is 0 Å². The normalized spacial score (nSPS) is 10.2. The Hall–Kier alpha value is -1.04. The number of thiol groups is 1. The average molecular weight is 162 g/mol. The molecule has 56 valence electrons. The second kappa shape index (κ2) is 2.70. The Morgan fingerprint density at radius 1 is 1.70 bits per heavy atom. The van der Waals surface area contributed by atoms with Crippen LogP contribution >= 0.6 is 0 Å². The van der Waals surface area contributed by atoms with Gasteiger partial charge in [0.15, 0.2) is 0 Å². The van der Waals surface area contributed by atoms with Crippen LogP contribution in [0.3, 0.4) is 0 Å². The standard InChI is InChI=1S/C4H6N2O3S/c1-6-2-4(5-3-6)9-10(7)8/h2-3,10H,1H3. The Morgan fingerprint density at radius 2 is 2.40 bits per heavy atom. The summed E-state index contributed by atoms with van der Waals surface area (Å²) in [5.41, 5.74) is 0. The van der Waals surface area contributed by atoms with E-state index in [0.717, 1.165) is 0 Å². The first-order valence-corrected chi connectivity index (χ1v) is 3.58. The quantitative estimate of drug-likeness (QED) is 0.585. The highest BCUT2D eigenvalue weighted by Gasteiger charge is 1.95. The Balaban J connectivity index is 2.76. The van der Waals surface area contributed by atoms with E-state index < -0.39 is 11.0 Å². The Kier molecular flexibility index (Phi) is 1.91. The van der Waals surface area contributed by atoms with Gasteiger partial charge in [0.25, 0.3) is 5.88 Å². The number of aromatic nitrogens is 2. The summed E-state index contributed by atoms with van der Waals surface area (Å²) < 4.78 is 25.7. The molecule has 0 aromatic carbocycles. The van der Waals surface area contributed by atoms with E-state index in [9.17, 15) is 8.42 Å².